The number of hydrogen-bond donors (Lipinski definition) is 2. The molecular formula is C23H26N4O3S. The summed E-state index contributed by atoms with van der Waals surface area (Å²) < 4.78 is 5.43. The molecule has 1 aliphatic rings. The number of nitrogens with one attached hydrogen (secondary N) is 2. The number of thiazole rings is 1. The van der Waals surface area contributed by atoms with Crippen molar-refractivity contribution in [1.29, 1.82) is 0 Å². The van der Waals surface area contributed by atoms with Crippen LogP contribution in [-0.2, 0) is 0 Å². The summed E-state index contributed by atoms with van der Waals surface area (Å²) >= 11 is 1.58. The summed E-state index contributed by atoms with van der Waals surface area (Å²) in [6, 6.07) is 9.11. The SMILES string of the molecule is CCOc1ccc(C(=O)N2CCC(NC(=O)c3cc(-c4csc(C)n4)c[nH]3)CC2)cc1. The molecule has 0 saturated carbocycles. The number of ether oxygens (including phenoxy) is 1. The Labute approximate surface area is 185 Å². The van der Waals surface area contributed by atoms with Crippen molar-refractivity contribution in [3.05, 3.63) is 58.2 Å². The van der Waals surface area contributed by atoms with E-state index in [1.165, 1.54) is 0 Å². The van der Waals surface area contributed by atoms with E-state index in [1.54, 1.807) is 23.5 Å². The summed E-state index contributed by atoms with van der Waals surface area (Å²) in [7, 11) is 0. The van der Waals surface area contributed by atoms with Crippen LogP contribution in [0.4, 0.5) is 0 Å². The summed E-state index contributed by atoms with van der Waals surface area (Å²) in [6.07, 6.45) is 3.27. The summed E-state index contributed by atoms with van der Waals surface area (Å²) in [4.78, 5) is 34.7. The number of carbonyl (C=O) groups is 2. The van der Waals surface area contributed by atoms with E-state index >= 15 is 0 Å². The molecule has 7 nitrogen and oxygen atoms in total. The Bertz CT molecular complexity index is 1050. The molecule has 0 spiro atoms. The fourth-order valence-corrected chi connectivity index (χ4v) is 4.32. The minimum Gasteiger partial charge on any atom is -0.494 e. The van der Waals surface area contributed by atoms with Gasteiger partial charge in [-0.15, -0.1) is 11.3 Å². The van der Waals surface area contributed by atoms with Crippen LogP contribution in [0.3, 0.4) is 0 Å². The van der Waals surface area contributed by atoms with Crippen molar-refractivity contribution in [1.82, 2.24) is 20.2 Å². The van der Waals surface area contributed by atoms with Gasteiger partial charge in [-0.1, -0.05) is 0 Å². The van der Waals surface area contributed by atoms with Crippen LogP contribution in [0.2, 0.25) is 0 Å². The molecule has 2 N–H and O–H groups in total. The molecule has 1 aromatic carbocycles. The lowest BCUT2D eigenvalue weighted by Gasteiger charge is -2.32. The highest BCUT2D eigenvalue weighted by Crippen LogP contribution is 2.23. The van der Waals surface area contributed by atoms with Crippen molar-refractivity contribution in [2.75, 3.05) is 19.7 Å². The minimum absolute atomic E-state index is 0.0143. The largest absolute Gasteiger partial charge is 0.494 e. The quantitative estimate of drug-likeness (QED) is 0.611. The second-order valence-corrected chi connectivity index (χ2v) is 8.61. The van der Waals surface area contributed by atoms with Crippen molar-refractivity contribution in [3.63, 3.8) is 0 Å². The van der Waals surface area contributed by atoms with Crippen LogP contribution in [0.15, 0.2) is 41.9 Å². The van der Waals surface area contributed by atoms with Crippen LogP contribution in [0.5, 0.6) is 5.75 Å². The molecule has 162 valence electrons. The summed E-state index contributed by atoms with van der Waals surface area (Å²) in [5.41, 5.74) is 2.96. The maximum absolute atomic E-state index is 12.7. The van der Waals surface area contributed by atoms with E-state index in [9.17, 15) is 9.59 Å². The third-order valence-electron chi connectivity index (χ3n) is 5.37. The highest BCUT2D eigenvalue weighted by molar-refractivity contribution is 7.09. The van der Waals surface area contributed by atoms with Crippen LogP contribution >= 0.6 is 11.3 Å². The van der Waals surface area contributed by atoms with E-state index < -0.39 is 0 Å². The van der Waals surface area contributed by atoms with Gasteiger partial charge in [0.2, 0.25) is 0 Å². The Morgan fingerprint density at radius 1 is 1.26 bits per heavy atom. The van der Waals surface area contributed by atoms with E-state index in [-0.39, 0.29) is 17.9 Å². The van der Waals surface area contributed by atoms with Gasteiger partial charge in [0.15, 0.2) is 0 Å². The molecule has 3 heterocycles. The smallest absolute Gasteiger partial charge is 0.267 e. The van der Waals surface area contributed by atoms with Gasteiger partial charge in [0.1, 0.15) is 11.4 Å². The van der Waals surface area contributed by atoms with Gasteiger partial charge in [-0.2, -0.15) is 0 Å². The van der Waals surface area contributed by atoms with Crippen molar-refractivity contribution >= 4 is 23.2 Å². The van der Waals surface area contributed by atoms with Gasteiger partial charge >= 0.3 is 0 Å². The molecule has 0 unspecified atom stereocenters. The molecule has 0 radical (unpaired) electrons. The maximum atomic E-state index is 12.7. The number of benzene rings is 1. The van der Waals surface area contributed by atoms with Gasteiger partial charge < -0.3 is 19.9 Å². The molecule has 2 amide bonds. The molecule has 3 aromatic rings. The molecule has 1 fully saturated rings. The first kappa shape index (κ1) is 21.1. The van der Waals surface area contributed by atoms with E-state index in [1.807, 2.05) is 48.5 Å². The molecule has 1 aliphatic heterocycles. The molecule has 1 saturated heterocycles. The standard InChI is InChI=1S/C23H26N4O3S/c1-3-30-19-6-4-16(5-7-19)23(29)27-10-8-18(9-11-27)26-22(28)20-12-17(13-24-20)21-14-31-15(2)25-21/h4-7,12-14,18,24H,3,8-11H2,1-2H3,(H,26,28). The topological polar surface area (TPSA) is 87.3 Å². The Kier molecular flexibility index (Phi) is 6.36. The van der Waals surface area contributed by atoms with Crippen molar-refractivity contribution in [3.8, 4) is 17.0 Å². The van der Waals surface area contributed by atoms with Gasteiger partial charge in [-0.3, -0.25) is 9.59 Å². The first-order valence-electron chi connectivity index (χ1n) is 10.5. The Hall–Kier alpha value is -3.13. The van der Waals surface area contributed by atoms with Gasteiger partial charge in [0.25, 0.3) is 11.8 Å². The minimum atomic E-state index is -0.130. The van der Waals surface area contributed by atoms with Crippen LogP contribution in [0.1, 0.15) is 45.6 Å². The number of aromatic nitrogens is 2. The van der Waals surface area contributed by atoms with E-state index in [0.717, 1.165) is 34.9 Å². The number of carbonyl (C=O) groups excluding carboxylic acids is 2. The first-order chi connectivity index (χ1) is 15.0. The monoisotopic (exact) mass is 438 g/mol. The number of rotatable bonds is 6. The van der Waals surface area contributed by atoms with Gasteiger partial charge in [0, 0.05) is 41.8 Å². The van der Waals surface area contributed by atoms with E-state index in [2.05, 4.69) is 15.3 Å². The lowest BCUT2D eigenvalue weighted by atomic mass is 10.0. The number of hydrogen-bond acceptors (Lipinski definition) is 5. The first-order valence-corrected chi connectivity index (χ1v) is 11.4. The molecule has 31 heavy (non-hydrogen) atoms. The van der Waals surface area contributed by atoms with Crippen LogP contribution in [-0.4, -0.2) is 52.4 Å². The lowest BCUT2D eigenvalue weighted by molar-refractivity contribution is 0.0697. The normalized spacial score (nSPS) is 14.5. The third kappa shape index (κ3) is 4.96. The molecule has 2 aromatic heterocycles. The number of H-pyrrole nitrogens is 1. The summed E-state index contributed by atoms with van der Waals surface area (Å²) in [5, 5.41) is 6.06. The summed E-state index contributed by atoms with van der Waals surface area (Å²) in [5.74, 6) is 0.646. The van der Waals surface area contributed by atoms with Gasteiger partial charge in [-0.25, -0.2) is 4.98 Å². The second kappa shape index (κ2) is 9.34. The molecule has 8 heteroatoms. The fraction of sp³-hybridized carbons (Fsp3) is 0.348. The van der Waals surface area contributed by atoms with Crippen LogP contribution < -0.4 is 10.1 Å². The van der Waals surface area contributed by atoms with Gasteiger partial charge in [-0.05, 0) is 57.0 Å². The number of amides is 2. The molecule has 0 bridgehead atoms. The Morgan fingerprint density at radius 3 is 2.65 bits per heavy atom. The van der Waals surface area contributed by atoms with E-state index in [4.69, 9.17) is 4.74 Å². The average Bonchev–Trinajstić information content (AvgIpc) is 3.44. The third-order valence-corrected chi connectivity index (χ3v) is 6.15. The highest BCUT2D eigenvalue weighted by Gasteiger charge is 2.25. The predicted octanol–water partition coefficient (Wildman–Crippen LogP) is 3.88. The zero-order valence-electron chi connectivity index (χ0n) is 17.7. The van der Waals surface area contributed by atoms with Crippen molar-refractivity contribution in [2.45, 2.75) is 32.7 Å². The number of nitrogens with zero attached hydrogens (tertiary/aromatic N) is 2. The number of piperidine rings is 1. The van der Waals surface area contributed by atoms with Crippen molar-refractivity contribution < 1.29 is 14.3 Å². The van der Waals surface area contributed by atoms with Crippen LogP contribution in [0.25, 0.3) is 11.3 Å². The molecular weight excluding hydrogens is 412 g/mol. The Balaban J connectivity index is 1.29. The average molecular weight is 439 g/mol. The Morgan fingerprint density at radius 2 is 2.00 bits per heavy atom. The zero-order valence-corrected chi connectivity index (χ0v) is 18.5. The molecule has 4 rings (SSSR count). The zero-order chi connectivity index (χ0) is 21.8. The number of likely N-dealkylation sites (tertiary alicyclic amines) is 1. The highest BCUT2D eigenvalue weighted by atomic mass is 32.1. The second-order valence-electron chi connectivity index (χ2n) is 7.55. The number of aromatic amines is 1. The van der Waals surface area contributed by atoms with Crippen LogP contribution in [0, 0.1) is 6.92 Å². The number of aryl methyl sites for hydroxylation is 1. The lowest BCUT2D eigenvalue weighted by Crippen LogP contribution is -2.46. The molecule has 0 aliphatic carbocycles. The maximum Gasteiger partial charge on any atom is 0.267 e. The van der Waals surface area contributed by atoms with Gasteiger partial charge in [0.05, 0.1) is 17.3 Å². The van der Waals surface area contributed by atoms with E-state index in [0.29, 0.717) is 31.0 Å². The van der Waals surface area contributed by atoms with Crippen molar-refractivity contribution in [2.24, 2.45) is 0 Å². The molecule has 0 atom stereocenters. The predicted molar refractivity (Wildman–Crippen MR) is 121 cm³/mol. The summed E-state index contributed by atoms with van der Waals surface area (Å²) in [6.45, 7) is 5.72. The fourth-order valence-electron chi connectivity index (χ4n) is 3.70.